The van der Waals surface area contributed by atoms with Crippen molar-refractivity contribution in [1.29, 1.82) is 0 Å². The first kappa shape index (κ1) is 13.6. The van der Waals surface area contributed by atoms with Gasteiger partial charge in [-0.25, -0.2) is 4.98 Å². The average molecular weight is 278 g/mol. The highest BCUT2D eigenvalue weighted by Crippen LogP contribution is 2.15. The lowest BCUT2D eigenvalue weighted by Crippen LogP contribution is -2.20. The van der Waals surface area contributed by atoms with E-state index in [9.17, 15) is 4.79 Å². The third-order valence-electron chi connectivity index (χ3n) is 2.89. The molecule has 1 aromatic carbocycles. The van der Waals surface area contributed by atoms with Gasteiger partial charge in [0.05, 0.1) is 6.33 Å². The molecule has 0 spiro atoms. The van der Waals surface area contributed by atoms with Gasteiger partial charge in [-0.1, -0.05) is 41.9 Å². The van der Waals surface area contributed by atoms with Crippen molar-refractivity contribution in [2.45, 2.75) is 25.8 Å². The standard InChI is InChI=1S/C14H16ClN3O/c1-10(7-8-11-5-3-2-4-6-11)18-13-12(15)14(19)17-9-16-13/h2-6,9-10H,7-8H2,1H3,(H2,16,17,18,19). The molecule has 4 nitrogen and oxygen atoms in total. The SMILES string of the molecule is CC(CCc1ccccc1)Nc1nc[nH]c(=O)c1Cl. The van der Waals surface area contributed by atoms with Gasteiger partial charge in [0.2, 0.25) is 0 Å². The Morgan fingerprint density at radius 2 is 2.11 bits per heavy atom. The molecule has 0 saturated heterocycles. The van der Waals surface area contributed by atoms with Gasteiger partial charge in [0, 0.05) is 6.04 Å². The number of nitrogens with one attached hydrogen (secondary N) is 2. The number of hydrogen-bond donors (Lipinski definition) is 2. The first-order chi connectivity index (χ1) is 9.16. The van der Waals surface area contributed by atoms with Crippen molar-refractivity contribution in [3.05, 3.63) is 57.6 Å². The number of H-pyrrole nitrogens is 1. The summed E-state index contributed by atoms with van der Waals surface area (Å²) < 4.78 is 0. The number of benzene rings is 1. The number of rotatable bonds is 5. The lowest BCUT2D eigenvalue weighted by molar-refractivity contribution is 0.702. The molecule has 0 fully saturated rings. The summed E-state index contributed by atoms with van der Waals surface area (Å²) in [7, 11) is 0. The summed E-state index contributed by atoms with van der Waals surface area (Å²) in [5.74, 6) is 0.436. The largest absolute Gasteiger partial charge is 0.366 e. The van der Waals surface area contributed by atoms with Crippen molar-refractivity contribution < 1.29 is 0 Å². The molecular weight excluding hydrogens is 262 g/mol. The van der Waals surface area contributed by atoms with Gasteiger partial charge in [-0.3, -0.25) is 4.79 Å². The molecule has 0 aliphatic carbocycles. The van der Waals surface area contributed by atoms with Crippen LogP contribution in [0.3, 0.4) is 0 Å². The molecule has 1 aromatic heterocycles. The molecule has 0 bridgehead atoms. The predicted molar refractivity (Wildman–Crippen MR) is 77.7 cm³/mol. The van der Waals surface area contributed by atoms with E-state index < -0.39 is 0 Å². The predicted octanol–water partition coefficient (Wildman–Crippen LogP) is 2.86. The molecule has 100 valence electrons. The molecule has 1 unspecified atom stereocenters. The van der Waals surface area contributed by atoms with Crippen LogP contribution in [-0.2, 0) is 6.42 Å². The van der Waals surface area contributed by atoms with Gasteiger partial charge >= 0.3 is 0 Å². The van der Waals surface area contributed by atoms with Gasteiger partial charge in [-0.2, -0.15) is 0 Å². The topological polar surface area (TPSA) is 57.8 Å². The summed E-state index contributed by atoms with van der Waals surface area (Å²) in [6.45, 7) is 2.04. The fourth-order valence-corrected chi connectivity index (χ4v) is 1.97. The molecule has 0 aliphatic rings. The minimum atomic E-state index is -0.325. The van der Waals surface area contributed by atoms with Gasteiger partial charge in [0.1, 0.15) is 5.02 Å². The quantitative estimate of drug-likeness (QED) is 0.883. The third-order valence-corrected chi connectivity index (χ3v) is 3.24. The Hall–Kier alpha value is -1.81. The number of aryl methyl sites for hydroxylation is 1. The molecule has 2 rings (SSSR count). The van der Waals surface area contributed by atoms with E-state index in [1.165, 1.54) is 11.9 Å². The van der Waals surface area contributed by atoms with Crippen molar-refractivity contribution in [1.82, 2.24) is 9.97 Å². The van der Waals surface area contributed by atoms with Gasteiger partial charge in [-0.05, 0) is 25.3 Å². The van der Waals surface area contributed by atoms with Crippen LogP contribution in [0.5, 0.6) is 0 Å². The first-order valence-corrected chi connectivity index (χ1v) is 6.58. The maximum Gasteiger partial charge on any atom is 0.271 e. The summed E-state index contributed by atoms with van der Waals surface area (Å²) in [6.07, 6.45) is 3.26. The molecule has 1 atom stereocenters. The second kappa shape index (κ2) is 6.38. The Balaban J connectivity index is 1.93. The van der Waals surface area contributed by atoms with Crippen LogP contribution in [0.4, 0.5) is 5.82 Å². The zero-order valence-electron chi connectivity index (χ0n) is 10.7. The monoisotopic (exact) mass is 277 g/mol. The average Bonchev–Trinajstić information content (AvgIpc) is 2.43. The molecule has 2 N–H and O–H groups in total. The molecule has 0 aliphatic heterocycles. The zero-order chi connectivity index (χ0) is 13.7. The molecule has 5 heteroatoms. The second-order valence-corrected chi connectivity index (χ2v) is 4.84. The van der Waals surface area contributed by atoms with E-state index in [0.29, 0.717) is 5.82 Å². The third kappa shape index (κ3) is 3.83. The lowest BCUT2D eigenvalue weighted by atomic mass is 10.1. The maximum absolute atomic E-state index is 11.3. The molecule has 2 aromatic rings. The van der Waals surface area contributed by atoms with E-state index in [-0.39, 0.29) is 16.6 Å². The molecule has 0 radical (unpaired) electrons. The minimum absolute atomic E-state index is 0.106. The number of nitrogens with zero attached hydrogens (tertiary/aromatic N) is 1. The van der Waals surface area contributed by atoms with Crippen molar-refractivity contribution in [2.75, 3.05) is 5.32 Å². The number of halogens is 1. The highest BCUT2D eigenvalue weighted by atomic mass is 35.5. The van der Waals surface area contributed by atoms with Crippen molar-refractivity contribution in [3.8, 4) is 0 Å². The minimum Gasteiger partial charge on any atom is -0.366 e. The Bertz CT molecular complexity index is 583. The molecular formula is C14H16ClN3O. The van der Waals surface area contributed by atoms with E-state index >= 15 is 0 Å². The van der Waals surface area contributed by atoms with Crippen LogP contribution >= 0.6 is 11.6 Å². The lowest BCUT2D eigenvalue weighted by Gasteiger charge is -2.14. The fourth-order valence-electron chi connectivity index (χ4n) is 1.82. The second-order valence-electron chi connectivity index (χ2n) is 4.46. The van der Waals surface area contributed by atoms with Crippen LogP contribution < -0.4 is 10.9 Å². The Kier molecular flexibility index (Phi) is 4.58. The maximum atomic E-state index is 11.3. The molecule has 0 saturated carbocycles. The number of aromatic amines is 1. The normalized spacial score (nSPS) is 12.1. The van der Waals surface area contributed by atoms with Gasteiger partial charge in [0.25, 0.3) is 5.56 Å². The van der Waals surface area contributed by atoms with E-state index in [1.54, 1.807) is 0 Å². The first-order valence-electron chi connectivity index (χ1n) is 6.20. The van der Waals surface area contributed by atoms with E-state index in [2.05, 4.69) is 27.4 Å². The molecule has 0 amide bonds. The summed E-state index contributed by atoms with van der Waals surface area (Å²) in [5, 5.41) is 3.26. The van der Waals surface area contributed by atoms with Crippen molar-refractivity contribution >= 4 is 17.4 Å². The van der Waals surface area contributed by atoms with E-state index in [1.807, 2.05) is 25.1 Å². The molecule has 1 heterocycles. The van der Waals surface area contributed by atoms with Gasteiger partial charge < -0.3 is 10.3 Å². The van der Waals surface area contributed by atoms with Crippen LogP contribution in [0.25, 0.3) is 0 Å². The van der Waals surface area contributed by atoms with Gasteiger partial charge in [-0.15, -0.1) is 0 Å². The van der Waals surface area contributed by atoms with Crippen molar-refractivity contribution in [3.63, 3.8) is 0 Å². The summed E-state index contributed by atoms with van der Waals surface area (Å²) >= 11 is 5.89. The van der Waals surface area contributed by atoms with Crippen LogP contribution in [0.1, 0.15) is 18.9 Å². The smallest absolute Gasteiger partial charge is 0.271 e. The molecule has 19 heavy (non-hydrogen) atoms. The number of hydrogen-bond acceptors (Lipinski definition) is 3. The Morgan fingerprint density at radius 1 is 1.37 bits per heavy atom. The number of anilines is 1. The highest BCUT2D eigenvalue weighted by Gasteiger charge is 2.09. The number of aromatic nitrogens is 2. The van der Waals surface area contributed by atoms with Crippen molar-refractivity contribution in [2.24, 2.45) is 0 Å². The Labute approximate surface area is 116 Å². The fraction of sp³-hybridized carbons (Fsp3) is 0.286. The van der Waals surface area contributed by atoms with Crippen LogP contribution in [-0.4, -0.2) is 16.0 Å². The summed E-state index contributed by atoms with van der Waals surface area (Å²) in [5.41, 5.74) is 0.968. The zero-order valence-corrected chi connectivity index (χ0v) is 11.4. The Morgan fingerprint density at radius 3 is 2.84 bits per heavy atom. The van der Waals surface area contributed by atoms with E-state index in [0.717, 1.165) is 12.8 Å². The van der Waals surface area contributed by atoms with Crippen LogP contribution in [0.2, 0.25) is 5.02 Å². The van der Waals surface area contributed by atoms with E-state index in [4.69, 9.17) is 11.6 Å². The van der Waals surface area contributed by atoms with Gasteiger partial charge in [0.15, 0.2) is 5.82 Å². The summed E-state index contributed by atoms with van der Waals surface area (Å²) in [6, 6.07) is 10.5. The summed E-state index contributed by atoms with van der Waals surface area (Å²) in [4.78, 5) is 17.8. The van der Waals surface area contributed by atoms with Crippen LogP contribution in [0, 0.1) is 0 Å². The van der Waals surface area contributed by atoms with Crippen LogP contribution in [0.15, 0.2) is 41.5 Å². The highest BCUT2D eigenvalue weighted by molar-refractivity contribution is 6.32.